The smallest absolute Gasteiger partial charge is 0.416 e. The van der Waals surface area contributed by atoms with E-state index in [1.54, 1.807) is 25.1 Å². The number of nitriles is 1. The first-order valence-electron chi connectivity index (χ1n) is 14.4. The molecule has 2 aromatic carbocycles. The van der Waals surface area contributed by atoms with Gasteiger partial charge in [-0.1, -0.05) is 12.1 Å². The van der Waals surface area contributed by atoms with E-state index in [1.165, 1.54) is 28.7 Å². The first-order valence-corrected chi connectivity index (χ1v) is 14.4. The van der Waals surface area contributed by atoms with Crippen LogP contribution in [0, 0.1) is 11.3 Å². The molecule has 0 radical (unpaired) electrons. The van der Waals surface area contributed by atoms with Gasteiger partial charge < -0.3 is 24.2 Å². The van der Waals surface area contributed by atoms with E-state index in [1.807, 2.05) is 0 Å². The largest absolute Gasteiger partial charge is 0.554 e. The highest BCUT2D eigenvalue weighted by Crippen LogP contribution is 2.43. The summed E-state index contributed by atoms with van der Waals surface area (Å²) in [6.45, 7) is 4.22. The summed E-state index contributed by atoms with van der Waals surface area (Å²) in [6.07, 6.45) is -2.04. The van der Waals surface area contributed by atoms with Crippen LogP contribution in [0.1, 0.15) is 48.1 Å². The van der Waals surface area contributed by atoms with Gasteiger partial charge in [0.15, 0.2) is 0 Å². The Kier molecular flexibility index (Phi) is 10.3. The SMILES string of the molecule is COC(=O)C1=C(C)N(c2cccc(C(F)(F)F)c2)c2n[nH]c(=O)n2[C@@H]1c1ccc(C#N)cc1CC[N+]1(CCO)CCCC1.O=C[O-]. The number of aliphatic hydroxyl groups is 1. The molecule has 0 spiro atoms. The number of aromatic nitrogens is 3. The molecule has 0 unspecified atom stereocenters. The third-order valence-corrected chi connectivity index (χ3v) is 8.49. The van der Waals surface area contributed by atoms with E-state index in [-0.39, 0.29) is 29.5 Å². The number of carboxylic acid groups (broad SMARTS) is 1. The second-order valence-electron chi connectivity index (χ2n) is 11.0. The zero-order chi connectivity index (χ0) is 33.6. The standard InChI is InChI=1S/C30H31F3N6O4.CH2O2/c1-19-25(27(41)43-2)26(24-9-8-20(18-34)16-21(24)10-13-39(14-15-40)11-3-4-12-39)38-28(35-36-29(38)42)37(19)23-7-5-6-22(17-23)30(31,32)33;2-1-3/h5-9,16-17,26,40H,3-4,10-15H2,1-2H3;1H,(H,2,3)/t26-;/m1./s1. The third-order valence-electron chi connectivity index (χ3n) is 8.49. The van der Waals surface area contributed by atoms with Gasteiger partial charge in [0, 0.05) is 37.1 Å². The van der Waals surface area contributed by atoms with Crippen LogP contribution in [0.3, 0.4) is 0 Å². The van der Waals surface area contributed by atoms with Gasteiger partial charge in [0.25, 0.3) is 0 Å². The van der Waals surface area contributed by atoms with E-state index < -0.39 is 35.9 Å². The molecule has 2 N–H and O–H groups in total. The monoisotopic (exact) mass is 642 g/mol. The minimum Gasteiger partial charge on any atom is -0.554 e. The summed E-state index contributed by atoms with van der Waals surface area (Å²) in [5.74, 6) is -0.769. The topological polar surface area (TPSA) is 164 Å². The van der Waals surface area contributed by atoms with Crippen LogP contribution in [0.2, 0.25) is 0 Å². The molecular weight excluding hydrogens is 609 g/mol. The molecule has 3 aromatic rings. The number of anilines is 2. The van der Waals surface area contributed by atoms with Crippen molar-refractivity contribution in [3.8, 4) is 6.07 Å². The van der Waals surface area contributed by atoms with Crippen molar-refractivity contribution in [1.29, 1.82) is 5.26 Å². The highest BCUT2D eigenvalue weighted by Gasteiger charge is 2.41. The number of H-pyrrole nitrogens is 1. The number of ether oxygens (including phenoxy) is 1. The summed E-state index contributed by atoms with van der Waals surface area (Å²) in [5, 5.41) is 34.2. The normalized spacial score (nSPS) is 17.1. The van der Waals surface area contributed by atoms with E-state index in [0.29, 0.717) is 30.6 Å². The molecule has 1 saturated heterocycles. The van der Waals surface area contributed by atoms with Gasteiger partial charge in [-0.25, -0.2) is 19.3 Å². The summed E-state index contributed by atoms with van der Waals surface area (Å²) in [6, 6.07) is 10.7. The Hall–Kier alpha value is -4.94. The van der Waals surface area contributed by atoms with Crippen LogP contribution < -0.4 is 15.7 Å². The van der Waals surface area contributed by atoms with Crippen molar-refractivity contribution < 1.29 is 42.2 Å². The Morgan fingerprint density at radius 3 is 2.54 bits per heavy atom. The van der Waals surface area contributed by atoms with Crippen LogP contribution in [0.5, 0.6) is 0 Å². The minimum atomic E-state index is -4.62. The number of quaternary nitrogens is 1. The maximum Gasteiger partial charge on any atom is 0.416 e. The summed E-state index contributed by atoms with van der Waals surface area (Å²) >= 11 is 0. The number of hydrogen-bond donors (Lipinski definition) is 2. The van der Waals surface area contributed by atoms with Gasteiger partial charge in [-0.3, -0.25) is 4.90 Å². The van der Waals surface area contributed by atoms with Gasteiger partial charge in [0.2, 0.25) is 5.95 Å². The molecule has 244 valence electrons. The Morgan fingerprint density at radius 1 is 1.24 bits per heavy atom. The summed E-state index contributed by atoms with van der Waals surface area (Å²) in [5.41, 5.74) is 0.446. The molecule has 46 heavy (non-hydrogen) atoms. The van der Waals surface area contributed by atoms with Crippen molar-refractivity contribution in [1.82, 2.24) is 14.8 Å². The number of allylic oxidation sites excluding steroid dienone is 1. The van der Waals surface area contributed by atoms with Crippen LogP contribution in [0.4, 0.5) is 24.8 Å². The van der Waals surface area contributed by atoms with Crippen LogP contribution >= 0.6 is 0 Å². The highest BCUT2D eigenvalue weighted by molar-refractivity contribution is 5.93. The van der Waals surface area contributed by atoms with Gasteiger partial charge in [-0.05, 0) is 48.4 Å². The lowest BCUT2D eigenvalue weighted by molar-refractivity contribution is -0.916. The fourth-order valence-electron chi connectivity index (χ4n) is 6.37. The average Bonchev–Trinajstić information content (AvgIpc) is 3.66. The average molecular weight is 643 g/mol. The lowest BCUT2D eigenvalue weighted by Crippen LogP contribution is -2.48. The lowest BCUT2D eigenvalue weighted by Gasteiger charge is -2.37. The van der Waals surface area contributed by atoms with Crippen molar-refractivity contribution in [3.63, 3.8) is 0 Å². The Labute approximate surface area is 262 Å². The fourth-order valence-corrected chi connectivity index (χ4v) is 6.37. The summed E-state index contributed by atoms with van der Waals surface area (Å²) in [4.78, 5) is 36.3. The second kappa shape index (κ2) is 14.0. The number of hydrogen-bond acceptors (Lipinski definition) is 9. The summed E-state index contributed by atoms with van der Waals surface area (Å²) < 4.78 is 48.0. The van der Waals surface area contributed by atoms with Crippen LogP contribution in [-0.2, 0) is 26.9 Å². The molecular formula is C31H33F3N6O6. The van der Waals surface area contributed by atoms with E-state index in [2.05, 4.69) is 16.3 Å². The van der Waals surface area contributed by atoms with E-state index in [9.17, 15) is 33.1 Å². The van der Waals surface area contributed by atoms with Crippen molar-refractivity contribution in [2.24, 2.45) is 0 Å². The predicted molar refractivity (Wildman–Crippen MR) is 156 cm³/mol. The number of esters is 1. The number of carbonyl (C=O) groups is 2. The lowest BCUT2D eigenvalue weighted by atomic mass is 9.89. The number of methoxy groups -OCH3 is 1. The Balaban J connectivity index is 0.00000154. The molecule has 2 aliphatic rings. The molecule has 2 aliphatic heterocycles. The highest BCUT2D eigenvalue weighted by atomic mass is 19.4. The molecule has 0 aliphatic carbocycles. The quantitative estimate of drug-likeness (QED) is 0.213. The van der Waals surface area contributed by atoms with Crippen molar-refractivity contribution in [3.05, 3.63) is 86.5 Å². The maximum absolute atomic E-state index is 13.6. The molecule has 5 rings (SSSR count). The number of carbonyl (C=O) groups excluding carboxylic acids is 2. The number of rotatable bonds is 8. The van der Waals surface area contributed by atoms with E-state index in [4.69, 9.17) is 14.6 Å². The van der Waals surface area contributed by atoms with Gasteiger partial charge in [-0.2, -0.15) is 18.4 Å². The van der Waals surface area contributed by atoms with Crippen molar-refractivity contribution >= 4 is 24.1 Å². The second-order valence-corrected chi connectivity index (χ2v) is 11.0. The first-order chi connectivity index (χ1) is 21.9. The van der Waals surface area contributed by atoms with Gasteiger partial charge in [0.1, 0.15) is 12.6 Å². The Bertz CT molecular complexity index is 1720. The summed E-state index contributed by atoms with van der Waals surface area (Å²) in [7, 11) is 1.19. The van der Waals surface area contributed by atoms with E-state index in [0.717, 1.165) is 48.1 Å². The zero-order valence-corrected chi connectivity index (χ0v) is 25.2. The van der Waals surface area contributed by atoms with Crippen molar-refractivity contribution in [2.75, 3.05) is 44.8 Å². The molecule has 0 saturated carbocycles. The zero-order valence-electron chi connectivity index (χ0n) is 25.2. The van der Waals surface area contributed by atoms with Crippen LogP contribution in [0.25, 0.3) is 0 Å². The molecule has 0 amide bonds. The number of nitrogens with one attached hydrogen (secondary N) is 1. The molecule has 12 nitrogen and oxygen atoms in total. The van der Waals surface area contributed by atoms with Gasteiger partial charge in [-0.15, -0.1) is 5.10 Å². The number of nitrogens with zero attached hydrogens (tertiary/aromatic N) is 5. The number of halogens is 3. The molecule has 1 fully saturated rings. The van der Waals surface area contributed by atoms with Gasteiger partial charge in [0.05, 0.1) is 56.1 Å². The first kappa shape index (κ1) is 33.9. The Morgan fingerprint density at radius 2 is 1.93 bits per heavy atom. The molecule has 1 atom stereocenters. The molecule has 15 heteroatoms. The number of benzene rings is 2. The molecule has 0 bridgehead atoms. The number of fused-ring (bicyclic) bond motifs is 1. The molecule has 1 aromatic heterocycles. The van der Waals surface area contributed by atoms with Crippen LogP contribution in [-0.4, -0.2) is 76.7 Å². The van der Waals surface area contributed by atoms with E-state index >= 15 is 0 Å². The number of likely N-dealkylation sites (tertiary alicyclic amines) is 1. The van der Waals surface area contributed by atoms with Crippen LogP contribution in [0.15, 0.2) is 58.5 Å². The third kappa shape index (κ3) is 6.68. The molecule has 3 heterocycles. The minimum absolute atomic E-state index is 0.00175. The predicted octanol–water partition coefficient (Wildman–Crippen LogP) is 2.16. The number of alkyl halides is 3. The number of aliphatic hydroxyl groups excluding tert-OH is 1. The van der Waals surface area contributed by atoms with Crippen molar-refractivity contribution in [2.45, 2.75) is 38.4 Å². The maximum atomic E-state index is 13.6. The number of aromatic amines is 1. The fraction of sp³-hybridized carbons (Fsp3) is 0.387. The van der Waals surface area contributed by atoms with Gasteiger partial charge >= 0.3 is 17.8 Å².